The summed E-state index contributed by atoms with van der Waals surface area (Å²) in [4.78, 5) is 0. The first kappa shape index (κ1) is 14.5. The van der Waals surface area contributed by atoms with E-state index in [1.54, 1.807) is 0 Å². The normalized spacial score (nSPS) is 25.5. The van der Waals surface area contributed by atoms with E-state index >= 15 is 0 Å². The molecule has 1 aliphatic carbocycles. The molecule has 2 unspecified atom stereocenters. The molecule has 1 aromatic rings. The second-order valence-corrected chi connectivity index (χ2v) is 6.11. The molecule has 0 heterocycles. The molecular weight excluding hydrogens is 234 g/mol. The zero-order valence-corrected chi connectivity index (χ0v) is 12.2. The van der Waals surface area contributed by atoms with Gasteiger partial charge in [-0.3, -0.25) is 0 Å². The quantitative estimate of drug-likeness (QED) is 0.850. The second kappa shape index (κ2) is 7.06. The minimum atomic E-state index is 0.0746. The van der Waals surface area contributed by atoms with Crippen LogP contribution < -0.4 is 5.32 Å². The molecule has 0 aromatic heterocycles. The molecule has 1 aliphatic rings. The van der Waals surface area contributed by atoms with Gasteiger partial charge in [0.15, 0.2) is 0 Å². The summed E-state index contributed by atoms with van der Waals surface area (Å²) in [6.07, 6.45) is 5.23. The Morgan fingerprint density at radius 2 is 1.84 bits per heavy atom. The summed E-state index contributed by atoms with van der Waals surface area (Å²) in [5.74, 6) is 1.46. The maximum atomic E-state index is 9.67. The zero-order chi connectivity index (χ0) is 13.7. The lowest BCUT2D eigenvalue weighted by atomic mass is 9.77. The fourth-order valence-electron chi connectivity index (χ4n) is 3.36. The van der Waals surface area contributed by atoms with E-state index in [1.165, 1.54) is 31.2 Å². The highest BCUT2D eigenvalue weighted by Gasteiger charge is 2.29. The molecular formula is C17H27NO. The molecule has 19 heavy (non-hydrogen) atoms. The molecule has 3 atom stereocenters. The maximum Gasteiger partial charge on any atom is 0.0626 e. The molecule has 1 aromatic carbocycles. The van der Waals surface area contributed by atoms with Crippen LogP contribution in [0.15, 0.2) is 30.3 Å². The van der Waals surface area contributed by atoms with Gasteiger partial charge in [0.1, 0.15) is 0 Å². The third-order valence-electron chi connectivity index (χ3n) is 4.48. The average molecular weight is 261 g/mol. The van der Waals surface area contributed by atoms with Crippen molar-refractivity contribution in [3.8, 4) is 0 Å². The molecule has 0 radical (unpaired) electrons. The van der Waals surface area contributed by atoms with Crippen LogP contribution in [0.2, 0.25) is 0 Å². The standard InChI is InChI=1S/C17H27NO/c1-13(2)15-10-6-7-11-16(15)18-17(12-19)14-8-4-3-5-9-14/h3-5,8-9,13,15-19H,6-7,10-12H2,1-2H3/t15?,16?,17-/m0/s1. The van der Waals surface area contributed by atoms with Crippen molar-refractivity contribution in [2.75, 3.05) is 6.61 Å². The Kier molecular flexibility index (Phi) is 5.41. The Morgan fingerprint density at radius 3 is 2.47 bits per heavy atom. The Balaban J connectivity index is 2.04. The number of nitrogens with one attached hydrogen (secondary N) is 1. The van der Waals surface area contributed by atoms with E-state index in [1.807, 2.05) is 18.2 Å². The summed E-state index contributed by atoms with van der Waals surface area (Å²) >= 11 is 0. The summed E-state index contributed by atoms with van der Waals surface area (Å²) in [6.45, 7) is 4.81. The lowest BCUT2D eigenvalue weighted by molar-refractivity contribution is 0.163. The van der Waals surface area contributed by atoms with Crippen LogP contribution in [0.3, 0.4) is 0 Å². The number of rotatable bonds is 5. The van der Waals surface area contributed by atoms with Crippen LogP contribution in [0, 0.1) is 11.8 Å². The van der Waals surface area contributed by atoms with Gasteiger partial charge in [0.05, 0.1) is 12.6 Å². The number of aliphatic hydroxyl groups excluding tert-OH is 1. The van der Waals surface area contributed by atoms with E-state index in [9.17, 15) is 5.11 Å². The van der Waals surface area contributed by atoms with Crippen LogP contribution in [0.4, 0.5) is 0 Å². The number of hydrogen-bond acceptors (Lipinski definition) is 2. The monoisotopic (exact) mass is 261 g/mol. The molecule has 2 rings (SSSR count). The predicted molar refractivity (Wildman–Crippen MR) is 80.0 cm³/mol. The smallest absolute Gasteiger partial charge is 0.0626 e. The van der Waals surface area contributed by atoms with Crippen molar-refractivity contribution in [2.24, 2.45) is 11.8 Å². The lowest BCUT2D eigenvalue weighted by Gasteiger charge is -2.37. The maximum absolute atomic E-state index is 9.67. The largest absolute Gasteiger partial charge is 0.394 e. The van der Waals surface area contributed by atoms with Crippen molar-refractivity contribution < 1.29 is 5.11 Å². The Hall–Kier alpha value is -0.860. The van der Waals surface area contributed by atoms with Gasteiger partial charge in [-0.05, 0) is 30.2 Å². The fourth-order valence-corrected chi connectivity index (χ4v) is 3.36. The van der Waals surface area contributed by atoms with E-state index in [2.05, 4.69) is 31.3 Å². The average Bonchev–Trinajstić information content (AvgIpc) is 2.46. The molecule has 0 spiro atoms. The highest BCUT2D eigenvalue weighted by Crippen LogP contribution is 2.31. The summed E-state index contributed by atoms with van der Waals surface area (Å²) in [7, 11) is 0. The predicted octanol–water partition coefficient (Wildman–Crippen LogP) is 3.52. The Bertz CT molecular complexity index is 363. The summed E-state index contributed by atoms with van der Waals surface area (Å²) in [5.41, 5.74) is 1.19. The molecule has 2 N–H and O–H groups in total. The first-order valence-electron chi connectivity index (χ1n) is 7.64. The van der Waals surface area contributed by atoms with Crippen LogP contribution in [-0.2, 0) is 0 Å². The van der Waals surface area contributed by atoms with Gasteiger partial charge >= 0.3 is 0 Å². The minimum absolute atomic E-state index is 0.0746. The van der Waals surface area contributed by atoms with E-state index in [0.717, 1.165) is 5.92 Å². The first-order valence-corrected chi connectivity index (χ1v) is 7.64. The third-order valence-corrected chi connectivity index (χ3v) is 4.48. The molecule has 0 bridgehead atoms. The second-order valence-electron chi connectivity index (χ2n) is 6.11. The summed E-state index contributed by atoms with van der Waals surface area (Å²) in [5, 5.41) is 13.4. The SMILES string of the molecule is CC(C)C1CCCCC1N[C@@H](CO)c1ccccc1. The molecule has 1 saturated carbocycles. The number of aliphatic hydroxyl groups is 1. The van der Waals surface area contributed by atoms with Gasteiger partial charge in [-0.2, -0.15) is 0 Å². The van der Waals surface area contributed by atoms with Gasteiger partial charge in [0, 0.05) is 6.04 Å². The molecule has 1 fully saturated rings. The van der Waals surface area contributed by atoms with Gasteiger partial charge < -0.3 is 10.4 Å². The van der Waals surface area contributed by atoms with Crippen LogP contribution in [0.25, 0.3) is 0 Å². The van der Waals surface area contributed by atoms with Crippen molar-refractivity contribution in [3.63, 3.8) is 0 Å². The van der Waals surface area contributed by atoms with Gasteiger partial charge in [-0.1, -0.05) is 57.0 Å². The summed E-state index contributed by atoms with van der Waals surface area (Å²) < 4.78 is 0. The van der Waals surface area contributed by atoms with Crippen molar-refractivity contribution in [2.45, 2.75) is 51.6 Å². The van der Waals surface area contributed by atoms with Crippen molar-refractivity contribution in [3.05, 3.63) is 35.9 Å². The molecule has 2 heteroatoms. The molecule has 0 aliphatic heterocycles. The molecule has 0 saturated heterocycles. The zero-order valence-electron chi connectivity index (χ0n) is 12.2. The number of hydrogen-bond donors (Lipinski definition) is 2. The fraction of sp³-hybridized carbons (Fsp3) is 0.647. The Morgan fingerprint density at radius 1 is 1.16 bits per heavy atom. The first-order chi connectivity index (χ1) is 9.22. The van der Waals surface area contributed by atoms with Gasteiger partial charge in [0.2, 0.25) is 0 Å². The van der Waals surface area contributed by atoms with E-state index in [4.69, 9.17) is 0 Å². The topological polar surface area (TPSA) is 32.3 Å². The van der Waals surface area contributed by atoms with Crippen molar-refractivity contribution >= 4 is 0 Å². The molecule has 2 nitrogen and oxygen atoms in total. The highest BCUT2D eigenvalue weighted by molar-refractivity contribution is 5.19. The third kappa shape index (κ3) is 3.80. The van der Waals surface area contributed by atoms with Crippen LogP contribution >= 0.6 is 0 Å². The van der Waals surface area contributed by atoms with Gasteiger partial charge in [0.25, 0.3) is 0 Å². The minimum Gasteiger partial charge on any atom is -0.394 e. The Labute approximate surface area is 117 Å². The van der Waals surface area contributed by atoms with Crippen LogP contribution in [-0.4, -0.2) is 17.8 Å². The van der Waals surface area contributed by atoms with Crippen LogP contribution in [0.5, 0.6) is 0 Å². The lowest BCUT2D eigenvalue weighted by Crippen LogP contribution is -2.43. The van der Waals surface area contributed by atoms with Crippen LogP contribution in [0.1, 0.15) is 51.1 Å². The van der Waals surface area contributed by atoms with Crippen molar-refractivity contribution in [1.82, 2.24) is 5.32 Å². The van der Waals surface area contributed by atoms with Gasteiger partial charge in [-0.25, -0.2) is 0 Å². The molecule has 106 valence electrons. The number of benzene rings is 1. The van der Waals surface area contributed by atoms with E-state index < -0.39 is 0 Å². The van der Waals surface area contributed by atoms with E-state index in [0.29, 0.717) is 12.0 Å². The van der Waals surface area contributed by atoms with E-state index in [-0.39, 0.29) is 12.6 Å². The van der Waals surface area contributed by atoms with Gasteiger partial charge in [-0.15, -0.1) is 0 Å². The van der Waals surface area contributed by atoms with Crippen molar-refractivity contribution in [1.29, 1.82) is 0 Å². The summed E-state index contributed by atoms with van der Waals surface area (Å²) in [6, 6.07) is 10.9. The molecule has 0 amide bonds. The highest BCUT2D eigenvalue weighted by atomic mass is 16.3.